The van der Waals surface area contributed by atoms with Crippen LogP contribution >= 0.6 is 0 Å². The van der Waals surface area contributed by atoms with E-state index in [0.717, 1.165) is 12.8 Å². The zero-order valence-electron chi connectivity index (χ0n) is 11.8. The van der Waals surface area contributed by atoms with Crippen LogP contribution in [0.4, 0.5) is 0 Å². The van der Waals surface area contributed by atoms with Crippen LogP contribution in [0.5, 0.6) is 0 Å². The molecule has 5 nitrogen and oxygen atoms in total. The van der Waals surface area contributed by atoms with E-state index in [9.17, 15) is 4.79 Å². The van der Waals surface area contributed by atoms with Crippen LogP contribution in [0.2, 0.25) is 0 Å². The van der Waals surface area contributed by atoms with E-state index in [1.54, 1.807) is 6.92 Å². The summed E-state index contributed by atoms with van der Waals surface area (Å²) < 4.78 is 0. The summed E-state index contributed by atoms with van der Waals surface area (Å²) >= 11 is 0. The van der Waals surface area contributed by atoms with Crippen molar-refractivity contribution in [1.29, 1.82) is 0 Å². The van der Waals surface area contributed by atoms with E-state index in [1.165, 1.54) is 0 Å². The van der Waals surface area contributed by atoms with Crippen molar-refractivity contribution in [3.05, 3.63) is 0 Å². The van der Waals surface area contributed by atoms with Gasteiger partial charge in [0.15, 0.2) is 0 Å². The molecule has 108 valence electrons. The number of rotatable bonds is 9. The summed E-state index contributed by atoms with van der Waals surface area (Å²) in [5.41, 5.74) is 4.62. The number of hydrogen-bond acceptors (Lipinski definition) is 4. The fourth-order valence-electron chi connectivity index (χ4n) is 1.87. The summed E-state index contributed by atoms with van der Waals surface area (Å²) in [6.45, 7) is 5.96. The SMILES string of the molecule is CC(C)C(CCN)CCC(=O)NC(C)(CO)CO. The lowest BCUT2D eigenvalue weighted by atomic mass is 9.88. The molecule has 5 N–H and O–H groups in total. The highest BCUT2D eigenvalue weighted by Gasteiger charge is 2.24. The van der Waals surface area contributed by atoms with Crippen LogP contribution in [-0.4, -0.2) is 41.4 Å². The highest BCUT2D eigenvalue weighted by molar-refractivity contribution is 5.76. The van der Waals surface area contributed by atoms with E-state index in [0.29, 0.717) is 24.8 Å². The van der Waals surface area contributed by atoms with Crippen molar-refractivity contribution in [2.45, 2.75) is 45.6 Å². The minimum Gasteiger partial charge on any atom is -0.394 e. The van der Waals surface area contributed by atoms with Gasteiger partial charge in [-0.25, -0.2) is 0 Å². The van der Waals surface area contributed by atoms with E-state index in [1.807, 2.05) is 0 Å². The highest BCUT2D eigenvalue weighted by Crippen LogP contribution is 2.20. The Morgan fingerprint density at radius 3 is 2.22 bits per heavy atom. The summed E-state index contributed by atoms with van der Waals surface area (Å²) in [6, 6.07) is 0. The van der Waals surface area contributed by atoms with Gasteiger partial charge in [0, 0.05) is 6.42 Å². The number of aliphatic hydroxyl groups excluding tert-OH is 2. The van der Waals surface area contributed by atoms with E-state index in [-0.39, 0.29) is 19.1 Å². The zero-order valence-corrected chi connectivity index (χ0v) is 11.8. The van der Waals surface area contributed by atoms with Crippen LogP contribution in [0.1, 0.15) is 40.0 Å². The minimum absolute atomic E-state index is 0.136. The topological polar surface area (TPSA) is 95.6 Å². The summed E-state index contributed by atoms with van der Waals surface area (Å²) in [4.78, 5) is 11.7. The van der Waals surface area contributed by atoms with Gasteiger partial charge >= 0.3 is 0 Å². The highest BCUT2D eigenvalue weighted by atomic mass is 16.3. The molecule has 0 aromatic heterocycles. The number of amides is 1. The van der Waals surface area contributed by atoms with E-state index < -0.39 is 5.54 Å². The van der Waals surface area contributed by atoms with Gasteiger partial charge in [0.1, 0.15) is 0 Å². The molecular weight excluding hydrogens is 232 g/mol. The molecule has 1 unspecified atom stereocenters. The molecule has 0 rings (SSSR count). The third-order valence-electron chi connectivity index (χ3n) is 3.36. The molecule has 0 aromatic carbocycles. The fourth-order valence-corrected chi connectivity index (χ4v) is 1.87. The molecule has 1 amide bonds. The van der Waals surface area contributed by atoms with Gasteiger partial charge in [-0.2, -0.15) is 0 Å². The second kappa shape index (κ2) is 8.45. The molecule has 0 aliphatic heterocycles. The lowest BCUT2D eigenvalue weighted by Gasteiger charge is -2.27. The monoisotopic (exact) mass is 260 g/mol. The molecule has 1 atom stereocenters. The number of carbonyl (C=O) groups excluding carboxylic acids is 1. The average Bonchev–Trinajstić information content (AvgIpc) is 2.33. The molecule has 0 saturated heterocycles. The summed E-state index contributed by atoms with van der Waals surface area (Å²) in [5.74, 6) is 0.807. The Labute approximate surface area is 110 Å². The maximum atomic E-state index is 11.7. The molecule has 5 heteroatoms. The molecule has 18 heavy (non-hydrogen) atoms. The Balaban J connectivity index is 4.16. The second-order valence-corrected chi connectivity index (χ2v) is 5.55. The molecule has 0 aliphatic rings. The Bertz CT molecular complexity index is 240. The first kappa shape index (κ1) is 17.4. The first-order valence-corrected chi connectivity index (χ1v) is 6.61. The maximum absolute atomic E-state index is 11.7. The smallest absolute Gasteiger partial charge is 0.220 e. The lowest BCUT2D eigenvalue weighted by molar-refractivity contribution is -0.124. The van der Waals surface area contributed by atoms with Crippen LogP contribution in [0.3, 0.4) is 0 Å². The Morgan fingerprint density at radius 2 is 1.83 bits per heavy atom. The van der Waals surface area contributed by atoms with Gasteiger partial charge in [-0.05, 0) is 38.1 Å². The van der Waals surface area contributed by atoms with Crippen molar-refractivity contribution in [2.24, 2.45) is 17.6 Å². The van der Waals surface area contributed by atoms with Crippen molar-refractivity contribution in [1.82, 2.24) is 5.32 Å². The van der Waals surface area contributed by atoms with Crippen LogP contribution in [0, 0.1) is 11.8 Å². The standard InChI is InChI=1S/C13H28N2O3/c1-10(2)11(6-7-14)4-5-12(18)15-13(3,8-16)9-17/h10-11,16-17H,4-9,14H2,1-3H3,(H,15,18). The Morgan fingerprint density at radius 1 is 1.28 bits per heavy atom. The number of nitrogens with one attached hydrogen (secondary N) is 1. The molecule has 0 fully saturated rings. The molecule has 0 aromatic rings. The number of nitrogens with two attached hydrogens (primary N) is 1. The van der Waals surface area contributed by atoms with Gasteiger partial charge < -0.3 is 21.3 Å². The van der Waals surface area contributed by atoms with E-state index in [2.05, 4.69) is 19.2 Å². The van der Waals surface area contributed by atoms with Crippen molar-refractivity contribution in [3.63, 3.8) is 0 Å². The number of carbonyl (C=O) groups is 1. The van der Waals surface area contributed by atoms with E-state index >= 15 is 0 Å². The van der Waals surface area contributed by atoms with Crippen molar-refractivity contribution >= 4 is 5.91 Å². The summed E-state index contributed by atoms with van der Waals surface area (Å²) in [7, 11) is 0. The first-order valence-electron chi connectivity index (χ1n) is 6.61. The van der Waals surface area contributed by atoms with E-state index in [4.69, 9.17) is 15.9 Å². The molecule has 0 bridgehead atoms. The van der Waals surface area contributed by atoms with Crippen molar-refractivity contribution in [2.75, 3.05) is 19.8 Å². The number of aliphatic hydroxyl groups is 2. The van der Waals surface area contributed by atoms with Gasteiger partial charge in [0.05, 0.1) is 18.8 Å². The van der Waals surface area contributed by atoms with Gasteiger partial charge in [-0.15, -0.1) is 0 Å². The molecule has 0 spiro atoms. The largest absolute Gasteiger partial charge is 0.394 e. The Hall–Kier alpha value is -0.650. The first-order chi connectivity index (χ1) is 8.38. The summed E-state index contributed by atoms with van der Waals surface area (Å²) in [5, 5.41) is 20.8. The molecule has 0 saturated carbocycles. The van der Waals surface area contributed by atoms with Gasteiger partial charge in [-0.3, -0.25) is 4.79 Å². The van der Waals surface area contributed by atoms with Crippen LogP contribution in [-0.2, 0) is 4.79 Å². The second-order valence-electron chi connectivity index (χ2n) is 5.55. The van der Waals surface area contributed by atoms with Crippen molar-refractivity contribution < 1.29 is 15.0 Å². The summed E-state index contributed by atoms with van der Waals surface area (Å²) in [6.07, 6.45) is 2.11. The maximum Gasteiger partial charge on any atom is 0.220 e. The predicted molar refractivity (Wildman–Crippen MR) is 72.0 cm³/mol. The molecule has 0 heterocycles. The average molecular weight is 260 g/mol. The van der Waals surface area contributed by atoms with Crippen LogP contribution < -0.4 is 11.1 Å². The molecule has 0 radical (unpaired) electrons. The zero-order chi connectivity index (χ0) is 14.2. The minimum atomic E-state index is -0.932. The quantitative estimate of drug-likeness (QED) is 0.478. The van der Waals surface area contributed by atoms with Crippen LogP contribution in [0.25, 0.3) is 0 Å². The van der Waals surface area contributed by atoms with Crippen molar-refractivity contribution in [3.8, 4) is 0 Å². The Kier molecular flexibility index (Phi) is 8.15. The fraction of sp³-hybridized carbons (Fsp3) is 0.923. The molecular formula is C13H28N2O3. The predicted octanol–water partition coefficient (Wildman–Crippen LogP) is 0.247. The van der Waals surface area contributed by atoms with Crippen LogP contribution in [0.15, 0.2) is 0 Å². The van der Waals surface area contributed by atoms with Gasteiger partial charge in [0.2, 0.25) is 5.91 Å². The normalized spacial score (nSPS) is 13.7. The lowest BCUT2D eigenvalue weighted by Crippen LogP contribution is -2.51. The third-order valence-corrected chi connectivity index (χ3v) is 3.36. The van der Waals surface area contributed by atoms with Gasteiger partial charge in [-0.1, -0.05) is 13.8 Å². The number of hydrogen-bond donors (Lipinski definition) is 4. The van der Waals surface area contributed by atoms with Gasteiger partial charge in [0.25, 0.3) is 0 Å². The third kappa shape index (κ3) is 6.33. The molecule has 0 aliphatic carbocycles.